The summed E-state index contributed by atoms with van der Waals surface area (Å²) in [6.45, 7) is 5.24. The third kappa shape index (κ3) is 5.52. The number of hydrogen-bond donors (Lipinski definition) is 1. The summed E-state index contributed by atoms with van der Waals surface area (Å²) in [5.74, 6) is 0. The molecular formula is C22H23Cl2N5S. The van der Waals surface area contributed by atoms with Gasteiger partial charge in [0.15, 0.2) is 5.11 Å². The minimum absolute atomic E-state index is 0.591. The quantitative estimate of drug-likeness (QED) is 0.556. The lowest BCUT2D eigenvalue weighted by molar-refractivity contribution is 0.177. The molecule has 3 aromatic rings. The Labute approximate surface area is 192 Å². The van der Waals surface area contributed by atoms with Crippen molar-refractivity contribution in [3.05, 3.63) is 82.1 Å². The smallest absolute Gasteiger partial charge is 0.173 e. The molecule has 0 bridgehead atoms. The first-order valence-electron chi connectivity index (χ1n) is 9.85. The fourth-order valence-corrected chi connectivity index (χ4v) is 4.11. The Morgan fingerprint density at radius 1 is 0.933 bits per heavy atom. The average molecular weight is 460 g/mol. The molecule has 0 spiro atoms. The van der Waals surface area contributed by atoms with Gasteiger partial charge in [0.2, 0.25) is 0 Å². The SMILES string of the molecule is S=C(Nc1cnn(Cc2ccccc2)c1)N1CCN(Cc2ccc(Cl)c(Cl)c2)CC1. The van der Waals surface area contributed by atoms with E-state index in [0.29, 0.717) is 10.0 Å². The number of nitrogens with one attached hydrogen (secondary N) is 1. The zero-order valence-corrected chi connectivity index (χ0v) is 18.8. The summed E-state index contributed by atoms with van der Waals surface area (Å²) in [5.41, 5.74) is 3.30. The molecule has 1 N–H and O–H groups in total. The lowest BCUT2D eigenvalue weighted by atomic mass is 10.2. The molecule has 1 aliphatic rings. The van der Waals surface area contributed by atoms with Gasteiger partial charge in [0.25, 0.3) is 0 Å². The fraction of sp³-hybridized carbons (Fsp3) is 0.273. The molecule has 2 aromatic carbocycles. The second-order valence-corrected chi connectivity index (χ2v) is 8.56. The Kier molecular flexibility index (Phi) is 6.89. The van der Waals surface area contributed by atoms with Crippen molar-refractivity contribution in [3.63, 3.8) is 0 Å². The molecule has 30 heavy (non-hydrogen) atoms. The van der Waals surface area contributed by atoms with Crippen molar-refractivity contribution in [2.24, 2.45) is 0 Å². The average Bonchev–Trinajstić information content (AvgIpc) is 3.18. The van der Waals surface area contributed by atoms with Gasteiger partial charge in [-0.15, -0.1) is 0 Å². The zero-order chi connectivity index (χ0) is 20.9. The van der Waals surface area contributed by atoms with Crippen LogP contribution >= 0.6 is 35.4 Å². The lowest BCUT2D eigenvalue weighted by Crippen LogP contribution is -2.49. The molecule has 0 aliphatic carbocycles. The van der Waals surface area contributed by atoms with E-state index in [1.54, 1.807) is 0 Å². The molecular weight excluding hydrogens is 437 g/mol. The van der Waals surface area contributed by atoms with Crippen molar-refractivity contribution in [2.75, 3.05) is 31.5 Å². The van der Waals surface area contributed by atoms with Crippen LogP contribution in [-0.2, 0) is 13.1 Å². The number of rotatable bonds is 5. The van der Waals surface area contributed by atoms with E-state index in [2.05, 4.69) is 32.3 Å². The van der Waals surface area contributed by atoms with Gasteiger partial charge in [-0.3, -0.25) is 9.58 Å². The summed E-state index contributed by atoms with van der Waals surface area (Å²) < 4.78 is 1.91. The minimum Gasteiger partial charge on any atom is -0.346 e. The standard InChI is InChI=1S/C22H23Cl2N5S/c23-20-7-6-18(12-21(20)24)14-27-8-10-28(11-9-27)22(30)26-19-13-25-29(16-19)15-17-4-2-1-3-5-17/h1-7,12-13,16H,8-11,14-15H2,(H,26,30). The van der Waals surface area contributed by atoms with Crippen molar-refractivity contribution in [3.8, 4) is 0 Å². The molecule has 5 nitrogen and oxygen atoms in total. The summed E-state index contributed by atoms with van der Waals surface area (Å²) in [7, 11) is 0. The molecule has 1 fully saturated rings. The highest BCUT2D eigenvalue weighted by Gasteiger charge is 2.19. The van der Waals surface area contributed by atoms with Crippen molar-refractivity contribution in [2.45, 2.75) is 13.1 Å². The highest BCUT2D eigenvalue weighted by Crippen LogP contribution is 2.23. The highest BCUT2D eigenvalue weighted by atomic mass is 35.5. The molecule has 0 amide bonds. The van der Waals surface area contributed by atoms with Crippen molar-refractivity contribution in [1.29, 1.82) is 0 Å². The Morgan fingerprint density at radius 3 is 2.43 bits per heavy atom. The molecule has 0 atom stereocenters. The maximum absolute atomic E-state index is 6.13. The summed E-state index contributed by atoms with van der Waals surface area (Å²) in [4.78, 5) is 4.60. The zero-order valence-electron chi connectivity index (χ0n) is 16.5. The number of hydrogen-bond acceptors (Lipinski definition) is 3. The number of aromatic nitrogens is 2. The maximum Gasteiger partial charge on any atom is 0.173 e. The van der Waals surface area contributed by atoms with Gasteiger partial charge in [-0.25, -0.2) is 0 Å². The van der Waals surface area contributed by atoms with Gasteiger partial charge in [0.1, 0.15) is 0 Å². The van der Waals surface area contributed by atoms with Crippen LogP contribution in [0.5, 0.6) is 0 Å². The van der Waals surface area contributed by atoms with Crippen LogP contribution < -0.4 is 5.32 Å². The van der Waals surface area contributed by atoms with Crippen molar-refractivity contribution < 1.29 is 0 Å². The Morgan fingerprint density at radius 2 is 1.70 bits per heavy atom. The molecule has 0 unspecified atom stereocenters. The van der Waals surface area contributed by atoms with E-state index in [4.69, 9.17) is 35.4 Å². The lowest BCUT2D eigenvalue weighted by Gasteiger charge is -2.36. The van der Waals surface area contributed by atoms with Gasteiger partial charge >= 0.3 is 0 Å². The first kappa shape index (κ1) is 21.1. The van der Waals surface area contributed by atoms with E-state index < -0.39 is 0 Å². The number of anilines is 1. The largest absolute Gasteiger partial charge is 0.346 e. The van der Waals surface area contributed by atoms with Gasteiger partial charge in [0, 0.05) is 38.9 Å². The predicted molar refractivity (Wildman–Crippen MR) is 127 cm³/mol. The Bertz CT molecular complexity index is 1000. The van der Waals surface area contributed by atoms with Crippen LogP contribution in [-0.4, -0.2) is 50.9 Å². The van der Waals surface area contributed by atoms with Crippen molar-refractivity contribution in [1.82, 2.24) is 19.6 Å². The molecule has 1 aromatic heterocycles. The molecule has 0 radical (unpaired) electrons. The number of piperazine rings is 1. The Balaban J connectivity index is 1.26. The number of benzene rings is 2. The molecule has 1 saturated heterocycles. The van der Waals surface area contributed by atoms with Crippen LogP contribution in [0.1, 0.15) is 11.1 Å². The van der Waals surface area contributed by atoms with Crippen molar-refractivity contribution >= 4 is 46.2 Å². The molecule has 8 heteroatoms. The van der Waals surface area contributed by atoms with Crippen LogP contribution in [0, 0.1) is 0 Å². The summed E-state index contributed by atoms with van der Waals surface area (Å²) in [5, 5.41) is 9.68. The molecule has 156 valence electrons. The number of nitrogens with zero attached hydrogens (tertiary/aromatic N) is 4. The van der Waals surface area contributed by atoms with E-state index >= 15 is 0 Å². The van der Waals surface area contributed by atoms with E-state index in [-0.39, 0.29) is 0 Å². The Hall–Kier alpha value is -2.12. The van der Waals surface area contributed by atoms with E-state index in [9.17, 15) is 0 Å². The second-order valence-electron chi connectivity index (χ2n) is 7.35. The van der Waals surface area contributed by atoms with Crippen LogP contribution in [0.3, 0.4) is 0 Å². The third-order valence-electron chi connectivity index (χ3n) is 5.12. The van der Waals surface area contributed by atoms with Crippen LogP contribution in [0.25, 0.3) is 0 Å². The van der Waals surface area contributed by atoms with Gasteiger partial charge in [0.05, 0.1) is 28.5 Å². The molecule has 0 saturated carbocycles. The van der Waals surface area contributed by atoms with Crippen LogP contribution in [0.15, 0.2) is 60.9 Å². The topological polar surface area (TPSA) is 36.3 Å². The fourth-order valence-electron chi connectivity index (χ4n) is 3.49. The van der Waals surface area contributed by atoms with Gasteiger partial charge in [-0.2, -0.15) is 5.10 Å². The summed E-state index contributed by atoms with van der Waals surface area (Å²) >= 11 is 17.8. The minimum atomic E-state index is 0.591. The predicted octanol–water partition coefficient (Wildman–Crippen LogP) is 4.75. The van der Waals surface area contributed by atoms with E-state index in [1.165, 1.54) is 11.1 Å². The summed E-state index contributed by atoms with van der Waals surface area (Å²) in [6.07, 6.45) is 3.80. The first-order chi connectivity index (χ1) is 14.6. The van der Waals surface area contributed by atoms with Gasteiger partial charge in [-0.1, -0.05) is 59.6 Å². The second kappa shape index (κ2) is 9.79. The van der Waals surface area contributed by atoms with Gasteiger partial charge < -0.3 is 10.2 Å². The van der Waals surface area contributed by atoms with Crippen LogP contribution in [0.4, 0.5) is 5.69 Å². The normalized spacial score (nSPS) is 14.7. The number of halogens is 2. The third-order valence-corrected chi connectivity index (χ3v) is 6.22. The highest BCUT2D eigenvalue weighted by molar-refractivity contribution is 7.80. The summed E-state index contributed by atoms with van der Waals surface area (Å²) in [6, 6.07) is 16.1. The number of thiocarbonyl (C=S) groups is 1. The van der Waals surface area contributed by atoms with E-state index in [1.807, 2.05) is 53.5 Å². The molecule has 1 aliphatic heterocycles. The first-order valence-corrected chi connectivity index (χ1v) is 11.0. The monoisotopic (exact) mass is 459 g/mol. The molecule has 4 rings (SSSR count). The van der Waals surface area contributed by atoms with Gasteiger partial charge in [-0.05, 0) is 35.5 Å². The molecule has 2 heterocycles. The van der Waals surface area contributed by atoms with Crippen LogP contribution in [0.2, 0.25) is 10.0 Å². The van der Waals surface area contributed by atoms with E-state index in [0.717, 1.165) is 50.1 Å². The maximum atomic E-state index is 6.13.